The van der Waals surface area contributed by atoms with Crippen LogP contribution in [0, 0.1) is 0 Å². The van der Waals surface area contributed by atoms with Crippen molar-refractivity contribution in [3.05, 3.63) is 41.7 Å². The van der Waals surface area contributed by atoms with Crippen LogP contribution in [-0.2, 0) is 14.3 Å². The zero-order valence-corrected chi connectivity index (χ0v) is 11.2. The number of carboxylic acids is 1. The minimum atomic E-state index is -1.11. The lowest BCUT2D eigenvalue weighted by Gasteiger charge is -2.04. The third kappa shape index (κ3) is 5.35. The van der Waals surface area contributed by atoms with E-state index in [1.807, 2.05) is 0 Å². The maximum atomic E-state index is 11.8. The van der Waals surface area contributed by atoms with E-state index in [-0.39, 0.29) is 17.9 Å². The number of hydrogen-bond donors (Lipinski definition) is 2. The quantitative estimate of drug-likeness (QED) is 0.338. The molecule has 0 heterocycles. The number of ketones is 1. The number of carbonyl (C=O) groups excluding carboxylic acids is 2. The molecule has 21 heavy (non-hydrogen) atoms. The van der Waals surface area contributed by atoms with Crippen molar-refractivity contribution in [1.29, 1.82) is 0 Å². The molecule has 7 nitrogen and oxygen atoms in total. The normalized spacial score (nSPS) is 10.8. The number of aliphatic hydroxyl groups is 1. The van der Waals surface area contributed by atoms with Crippen LogP contribution in [0.4, 0.5) is 0 Å². The Balaban J connectivity index is 2.73. The lowest BCUT2D eigenvalue weighted by atomic mass is 10.1. The maximum Gasteiger partial charge on any atom is 0.373 e. The second kappa shape index (κ2) is 7.68. The topological polar surface area (TPSA) is 110 Å². The molecular formula is C14H14O7. The summed E-state index contributed by atoms with van der Waals surface area (Å²) in [5.74, 6) is -3.18. The molecular weight excluding hydrogens is 280 g/mol. The molecule has 2 N–H and O–H groups in total. The molecule has 7 heteroatoms. The van der Waals surface area contributed by atoms with E-state index in [9.17, 15) is 19.5 Å². The number of hydrogen-bond acceptors (Lipinski definition) is 6. The van der Waals surface area contributed by atoms with Crippen LogP contribution >= 0.6 is 0 Å². The monoisotopic (exact) mass is 294 g/mol. The second-order valence-corrected chi connectivity index (χ2v) is 3.82. The van der Waals surface area contributed by atoms with Crippen LogP contribution in [-0.4, -0.2) is 41.1 Å². The average Bonchev–Trinajstić information content (AvgIpc) is 2.45. The fourth-order valence-corrected chi connectivity index (χ4v) is 1.33. The highest BCUT2D eigenvalue weighted by Gasteiger charge is 2.12. The van der Waals surface area contributed by atoms with Crippen LogP contribution < -0.4 is 4.74 Å². The molecule has 0 bridgehead atoms. The first kappa shape index (κ1) is 16.2. The van der Waals surface area contributed by atoms with Gasteiger partial charge in [0.25, 0.3) is 0 Å². The van der Waals surface area contributed by atoms with Crippen LogP contribution in [0.1, 0.15) is 17.3 Å². The summed E-state index contributed by atoms with van der Waals surface area (Å²) in [5.41, 5.74) is 0.202. The molecule has 0 aromatic heterocycles. The molecule has 0 amide bonds. The average molecular weight is 294 g/mol. The Hall–Kier alpha value is -2.83. The summed E-state index contributed by atoms with van der Waals surface area (Å²) >= 11 is 0. The first-order valence-electron chi connectivity index (χ1n) is 6.00. The lowest BCUT2D eigenvalue weighted by Crippen LogP contribution is -2.10. The highest BCUT2D eigenvalue weighted by atomic mass is 16.5. The molecule has 0 aliphatic carbocycles. The van der Waals surface area contributed by atoms with E-state index >= 15 is 0 Å². The molecule has 0 aliphatic rings. The van der Waals surface area contributed by atoms with Crippen LogP contribution in [0.25, 0.3) is 0 Å². The Morgan fingerprint density at radius 3 is 2.29 bits per heavy atom. The summed E-state index contributed by atoms with van der Waals surface area (Å²) < 4.78 is 9.43. The highest BCUT2D eigenvalue weighted by molar-refractivity contribution is 6.07. The van der Waals surface area contributed by atoms with E-state index in [0.29, 0.717) is 0 Å². The molecule has 0 unspecified atom stereocenters. The van der Waals surface area contributed by atoms with Crippen LogP contribution in [0.3, 0.4) is 0 Å². The molecule has 1 rings (SSSR count). The van der Waals surface area contributed by atoms with Crippen molar-refractivity contribution < 1.29 is 34.1 Å². The third-order valence-corrected chi connectivity index (χ3v) is 2.25. The smallest absolute Gasteiger partial charge is 0.373 e. The molecule has 0 saturated carbocycles. The van der Waals surface area contributed by atoms with Gasteiger partial charge in [-0.1, -0.05) is 0 Å². The van der Waals surface area contributed by atoms with Gasteiger partial charge in [-0.25, -0.2) is 9.59 Å². The predicted molar refractivity (Wildman–Crippen MR) is 71.2 cm³/mol. The van der Waals surface area contributed by atoms with Crippen molar-refractivity contribution in [3.8, 4) is 5.75 Å². The van der Waals surface area contributed by atoms with E-state index in [0.717, 1.165) is 6.08 Å². The van der Waals surface area contributed by atoms with Gasteiger partial charge < -0.3 is 19.7 Å². The van der Waals surface area contributed by atoms with Crippen molar-refractivity contribution in [1.82, 2.24) is 0 Å². The third-order valence-electron chi connectivity index (χ3n) is 2.25. The Morgan fingerprint density at radius 2 is 1.76 bits per heavy atom. The minimum absolute atomic E-state index is 0.0839. The molecule has 0 spiro atoms. The number of esters is 1. The molecule has 112 valence electrons. The lowest BCUT2D eigenvalue weighted by molar-refractivity contribution is -0.141. The van der Waals surface area contributed by atoms with Crippen LogP contribution in [0.5, 0.6) is 5.75 Å². The predicted octanol–water partition coefficient (Wildman–Crippen LogP) is 1.34. The molecule has 0 radical (unpaired) electrons. The number of ether oxygens (including phenoxy) is 2. The summed E-state index contributed by atoms with van der Waals surface area (Å²) in [7, 11) is 0. The van der Waals surface area contributed by atoms with Crippen molar-refractivity contribution in [2.45, 2.75) is 6.92 Å². The largest absolute Gasteiger partial charge is 0.502 e. The fourth-order valence-electron chi connectivity index (χ4n) is 1.33. The maximum absolute atomic E-state index is 11.8. The SMILES string of the molecule is CCOC(=O)/C(O)=C/C(=O)c1ccc(OCC(=O)O)cc1. The van der Waals surface area contributed by atoms with Crippen LogP contribution in [0.15, 0.2) is 36.1 Å². The van der Waals surface area contributed by atoms with Gasteiger partial charge in [0.2, 0.25) is 5.76 Å². The number of rotatable bonds is 7. The zero-order valence-electron chi connectivity index (χ0n) is 11.2. The molecule has 0 aliphatic heterocycles. The number of carbonyl (C=O) groups is 3. The van der Waals surface area contributed by atoms with Crippen LogP contribution in [0.2, 0.25) is 0 Å². The van der Waals surface area contributed by atoms with E-state index in [1.165, 1.54) is 24.3 Å². The van der Waals surface area contributed by atoms with E-state index < -0.39 is 30.1 Å². The summed E-state index contributed by atoms with van der Waals surface area (Å²) in [6.07, 6.45) is 0.755. The van der Waals surface area contributed by atoms with Gasteiger partial charge in [-0.2, -0.15) is 0 Å². The standard InChI is InChI=1S/C14H14O7/c1-2-20-14(19)12(16)7-11(15)9-3-5-10(6-4-9)21-8-13(17)18/h3-7,16H,2,8H2,1H3,(H,17,18)/b12-7-. The van der Waals surface area contributed by atoms with Gasteiger partial charge in [-0.15, -0.1) is 0 Å². The number of benzene rings is 1. The minimum Gasteiger partial charge on any atom is -0.502 e. The van der Waals surface area contributed by atoms with Gasteiger partial charge >= 0.3 is 11.9 Å². The van der Waals surface area contributed by atoms with E-state index in [2.05, 4.69) is 4.74 Å². The Labute approximate surface area is 120 Å². The summed E-state index contributed by atoms with van der Waals surface area (Å²) in [4.78, 5) is 33.2. The first-order valence-corrected chi connectivity index (χ1v) is 6.00. The Kier molecular flexibility index (Phi) is 5.94. The van der Waals surface area contributed by atoms with Crippen molar-refractivity contribution in [3.63, 3.8) is 0 Å². The highest BCUT2D eigenvalue weighted by Crippen LogP contribution is 2.13. The van der Waals surface area contributed by atoms with Crippen molar-refractivity contribution in [2.75, 3.05) is 13.2 Å². The van der Waals surface area contributed by atoms with E-state index in [4.69, 9.17) is 9.84 Å². The summed E-state index contributed by atoms with van der Waals surface area (Å²) in [5, 5.41) is 17.8. The molecule has 1 aromatic carbocycles. The Bertz CT molecular complexity index is 557. The molecule has 1 aromatic rings. The number of aliphatic hydroxyl groups excluding tert-OH is 1. The number of aliphatic carboxylic acids is 1. The molecule has 0 fully saturated rings. The van der Waals surface area contributed by atoms with Gasteiger partial charge in [-0.3, -0.25) is 4.79 Å². The fraction of sp³-hybridized carbons (Fsp3) is 0.214. The Morgan fingerprint density at radius 1 is 1.14 bits per heavy atom. The first-order chi connectivity index (χ1) is 9.93. The number of carboxylic acid groups (broad SMARTS) is 1. The van der Waals surface area contributed by atoms with Crippen molar-refractivity contribution in [2.24, 2.45) is 0 Å². The summed E-state index contributed by atoms with van der Waals surface area (Å²) in [6.45, 7) is 1.17. The van der Waals surface area contributed by atoms with Crippen molar-refractivity contribution >= 4 is 17.7 Å². The van der Waals surface area contributed by atoms with Gasteiger partial charge in [0.1, 0.15) is 5.75 Å². The summed E-state index contributed by atoms with van der Waals surface area (Å²) in [6, 6.07) is 5.58. The van der Waals surface area contributed by atoms with Gasteiger partial charge in [0.05, 0.1) is 6.61 Å². The number of allylic oxidation sites excluding steroid dienone is 1. The van der Waals surface area contributed by atoms with E-state index in [1.54, 1.807) is 6.92 Å². The van der Waals surface area contributed by atoms with Gasteiger partial charge in [0, 0.05) is 11.6 Å². The molecule has 0 atom stereocenters. The van der Waals surface area contributed by atoms with Gasteiger partial charge in [-0.05, 0) is 31.2 Å². The zero-order chi connectivity index (χ0) is 15.8. The second-order valence-electron chi connectivity index (χ2n) is 3.82. The molecule has 0 saturated heterocycles. The van der Waals surface area contributed by atoms with Gasteiger partial charge in [0.15, 0.2) is 12.4 Å².